The SMILES string of the molecule is CSc1ncc(-c2cn3nc(OC(C)C4CCN(c5nc(C(C)C)no5)CC4)sc3n2)cn1. The predicted molar refractivity (Wildman–Crippen MR) is 127 cm³/mol. The van der Waals surface area contributed by atoms with Gasteiger partial charge >= 0.3 is 6.01 Å². The molecule has 33 heavy (non-hydrogen) atoms. The third kappa shape index (κ3) is 4.67. The van der Waals surface area contributed by atoms with Gasteiger partial charge in [-0.3, -0.25) is 0 Å². The molecule has 1 aliphatic rings. The Bertz CT molecular complexity index is 1180. The molecular weight excluding hydrogens is 460 g/mol. The van der Waals surface area contributed by atoms with Crippen LogP contribution in [0.5, 0.6) is 5.19 Å². The van der Waals surface area contributed by atoms with Crippen molar-refractivity contribution in [3.05, 3.63) is 24.4 Å². The highest BCUT2D eigenvalue weighted by molar-refractivity contribution is 7.98. The number of hydrogen-bond acceptors (Lipinski definition) is 11. The average molecular weight is 487 g/mol. The highest BCUT2D eigenvalue weighted by atomic mass is 32.2. The minimum Gasteiger partial charge on any atom is -0.466 e. The van der Waals surface area contributed by atoms with Crippen LogP contribution in [0.2, 0.25) is 0 Å². The van der Waals surface area contributed by atoms with Gasteiger partial charge in [0.25, 0.3) is 5.19 Å². The first-order valence-electron chi connectivity index (χ1n) is 11.0. The topological polar surface area (TPSA) is 107 Å². The van der Waals surface area contributed by atoms with E-state index < -0.39 is 0 Å². The van der Waals surface area contributed by atoms with Gasteiger partial charge in [0.05, 0.1) is 11.9 Å². The number of nitrogens with zero attached hydrogens (tertiary/aromatic N) is 8. The molecule has 1 unspecified atom stereocenters. The van der Waals surface area contributed by atoms with Gasteiger partial charge in [-0.25, -0.2) is 19.5 Å². The lowest BCUT2D eigenvalue weighted by Crippen LogP contribution is -2.38. The van der Waals surface area contributed by atoms with Crippen LogP contribution < -0.4 is 9.64 Å². The van der Waals surface area contributed by atoms with E-state index in [2.05, 4.69) is 55.9 Å². The molecule has 0 radical (unpaired) electrons. The van der Waals surface area contributed by atoms with Crippen molar-refractivity contribution in [3.63, 3.8) is 0 Å². The van der Waals surface area contributed by atoms with Crippen LogP contribution in [0.25, 0.3) is 16.2 Å². The van der Waals surface area contributed by atoms with Crippen LogP contribution in [0.4, 0.5) is 6.01 Å². The zero-order chi connectivity index (χ0) is 22.9. The number of anilines is 1. The van der Waals surface area contributed by atoms with Crippen molar-refractivity contribution in [3.8, 4) is 16.5 Å². The first kappa shape index (κ1) is 22.1. The van der Waals surface area contributed by atoms with Gasteiger partial charge in [0.15, 0.2) is 11.0 Å². The zero-order valence-corrected chi connectivity index (χ0v) is 20.6. The summed E-state index contributed by atoms with van der Waals surface area (Å²) in [5, 5.41) is 10.0. The molecule has 174 valence electrons. The van der Waals surface area contributed by atoms with E-state index >= 15 is 0 Å². The fourth-order valence-corrected chi connectivity index (χ4v) is 4.96. The second kappa shape index (κ2) is 9.26. The molecule has 4 aromatic heterocycles. The number of piperidine rings is 1. The molecule has 0 spiro atoms. The van der Waals surface area contributed by atoms with Crippen LogP contribution in [0, 0.1) is 5.92 Å². The second-order valence-corrected chi connectivity index (χ2v) is 10.1. The Balaban J connectivity index is 1.18. The number of aromatic nitrogens is 7. The molecule has 1 aliphatic heterocycles. The predicted octanol–water partition coefficient (Wildman–Crippen LogP) is 4.16. The van der Waals surface area contributed by atoms with Crippen molar-refractivity contribution in [2.75, 3.05) is 24.2 Å². The monoisotopic (exact) mass is 486 g/mol. The minimum atomic E-state index is 0.0591. The Labute approximate surface area is 199 Å². The molecule has 0 N–H and O–H groups in total. The molecule has 1 saturated heterocycles. The van der Waals surface area contributed by atoms with Gasteiger partial charge in [0, 0.05) is 37.0 Å². The lowest BCUT2D eigenvalue weighted by molar-refractivity contribution is 0.130. The molecule has 1 atom stereocenters. The molecular formula is C21H26N8O2S2. The summed E-state index contributed by atoms with van der Waals surface area (Å²) in [5.41, 5.74) is 1.67. The Hall–Kier alpha value is -2.73. The molecule has 0 aromatic carbocycles. The van der Waals surface area contributed by atoms with Crippen LogP contribution in [-0.4, -0.2) is 60.2 Å². The summed E-state index contributed by atoms with van der Waals surface area (Å²) in [5.74, 6) is 1.45. The molecule has 5 rings (SSSR count). The summed E-state index contributed by atoms with van der Waals surface area (Å²) in [6.07, 6.45) is 9.47. The van der Waals surface area contributed by atoms with E-state index in [0.717, 1.165) is 53.1 Å². The summed E-state index contributed by atoms with van der Waals surface area (Å²) in [6, 6.07) is 0.621. The van der Waals surface area contributed by atoms with Crippen LogP contribution in [0.3, 0.4) is 0 Å². The number of hydrogen-bond donors (Lipinski definition) is 0. The molecule has 0 aliphatic carbocycles. The number of rotatable bonds is 7. The fraction of sp³-hybridized carbons (Fsp3) is 0.524. The summed E-state index contributed by atoms with van der Waals surface area (Å²) in [6.45, 7) is 7.99. The highest BCUT2D eigenvalue weighted by Gasteiger charge is 2.28. The number of ether oxygens (including phenoxy) is 1. The normalized spacial score (nSPS) is 16.1. The van der Waals surface area contributed by atoms with Gasteiger partial charge in [0.1, 0.15) is 6.10 Å². The number of fused-ring (bicyclic) bond motifs is 1. The summed E-state index contributed by atoms with van der Waals surface area (Å²) in [7, 11) is 0. The maximum Gasteiger partial charge on any atom is 0.324 e. The van der Waals surface area contributed by atoms with Crippen molar-refractivity contribution < 1.29 is 9.26 Å². The smallest absolute Gasteiger partial charge is 0.324 e. The third-order valence-corrected chi connectivity index (χ3v) is 7.23. The maximum absolute atomic E-state index is 6.20. The fourth-order valence-electron chi connectivity index (χ4n) is 3.83. The van der Waals surface area contributed by atoms with Gasteiger partial charge in [-0.05, 0) is 43.3 Å². The van der Waals surface area contributed by atoms with Crippen molar-refractivity contribution in [2.45, 2.75) is 50.8 Å². The Morgan fingerprint density at radius 2 is 1.91 bits per heavy atom. The summed E-state index contributed by atoms with van der Waals surface area (Å²) >= 11 is 2.96. The lowest BCUT2D eigenvalue weighted by atomic mass is 9.92. The van der Waals surface area contributed by atoms with E-state index in [1.165, 1.54) is 23.1 Å². The summed E-state index contributed by atoms with van der Waals surface area (Å²) < 4.78 is 13.4. The van der Waals surface area contributed by atoms with Gasteiger partial charge in [-0.15, -0.1) is 5.10 Å². The van der Waals surface area contributed by atoms with E-state index in [-0.39, 0.29) is 12.0 Å². The Morgan fingerprint density at radius 3 is 2.55 bits per heavy atom. The lowest BCUT2D eigenvalue weighted by Gasteiger charge is -2.33. The largest absolute Gasteiger partial charge is 0.466 e. The van der Waals surface area contributed by atoms with Crippen LogP contribution >= 0.6 is 23.1 Å². The van der Waals surface area contributed by atoms with E-state index in [1.807, 2.05) is 12.5 Å². The molecule has 0 saturated carbocycles. The maximum atomic E-state index is 6.20. The van der Waals surface area contributed by atoms with Crippen molar-refractivity contribution in [1.82, 2.24) is 34.7 Å². The first-order valence-corrected chi connectivity index (χ1v) is 13.0. The van der Waals surface area contributed by atoms with Crippen molar-refractivity contribution in [1.29, 1.82) is 0 Å². The third-order valence-electron chi connectivity index (χ3n) is 5.84. The zero-order valence-electron chi connectivity index (χ0n) is 19.0. The molecule has 12 heteroatoms. The van der Waals surface area contributed by atoms with E-state index in [9.17, 15) is 0 Å². The number of imidazole rings is 1. The molecule has 5 heterocycles. The molecule has 4 aromatic rings. The van der Waals surface area contributed by atoms with Gasteiger partial charge < -0.3 is 14.2 Å². The molecule has 1 fully saturated rings. The van der Waals surface area contributed by atoms with E-state index in [1.54, 1.807) is 16.9 Å². The number of thioether (sulfide) groups is 1. The quantitative estimate of drug-likeness (QED) is 0.279. The minimum absolute atomic E-state index is 0.0591. The molecule has 10 nitrogen and oxygen atoms in total. The second-order valence-electron chi connectivity index (χ2n) is 8.42. The highest BCUT2D eigenvalue weighted by Crippen LogP contribution is 2.30. The van der Waals surface area contributed by atoms with Gasteiger partial charge in [0.2, 0.25) is 4.96 Å². The van der Waals surface area contributed by atoms with Crippen LogP contribution in [-0.2, 0) is 0 Å². The molecule has 0 bridgehead atoms. The molecule has 0 amide bonds. The first-order chi connectivity index (χ1) is 16.0. The standard InChI is InChI=1S/C21H26N8O2S2/c1-12(2)17-25-19(31-27-17)28-7-5-14(6-8-28)13(3)30-21-26-29-11-16(24-20(29)33-21)15-9-22-18(32-4)23-10-15/h9-14H,5-8H2,1-4H3. The Morgan fingerprint density at radius 1 is 1.15 bits per heavy atom. The van der Waals surface area contributed by atoms with Crippen LogP contribution in [0.15, 0.2) is 28.3 Å². The van der Waals surface area contributed by atoms with Gasteiger partial charge in [-0.1, -0.05) is 30.8 Å². The van der Waals surface area contributed by atoms with E-state index in [0.29, 0.717) is 17.1 Å². The Kier molecular flexibility index (Phi) is 6.19. The van der Waals surface area contributed by atoms with Crippen LogP contribution in [0.1, 0.15) is 45.4 Å². The van der Waals surface area contributed by atoms with Crippen molar-refractivity contribution >= 4 is 34.1 Å². The van der Waals surface area contributed by atoms with Crippen molar-refractivity contribution in [2.24, 2.45) is 5.92 Å². The summed E-state index contributed by atoms with van der Waals surface area (Å²) in [4.78, 5) is 20.8. The van der Waals surface area contributed by atoms with Gasteiger partial charge in [-0.2, -0.15) is 4.98 Å². The van der Waals surface area contributed by atoms with E-state index in [4.69, 9.17) is 9.26 Å². The average Bonchev–Trinajstić information content (AvgIpc) is 3.54.